The van der Waals surface area contributed by atoms with Crippen molar-refractivity contribution in [3.63, 3.8) is 0 Å². The van der Waals surface area contributed by atoms with E-state index in [0.29, 0.717) is 10.6 Å². The summed E-state index contributed by atoms with van der Waals surface area (Å²) >= 11 is 1.42. The Balaban J connectivity index is 2.75. The third-order valence-corrected chi connectivity index (χ3v) is 2.25. The van der Waals surface area contributed by atoms with Crippen molar-refractivity contribution in [2.24, 2.45) is 0 Å². The molecule has 0 saturated carbocycles. The number of benzene rings is 1. The third-order valence-electron chi connectivity index (χ3n) is 1.26. The van der Waals surface area contributed by atoms with Crippen LogP contribution in [0.15, 0.2) is 35.7 Å². The van der Waals surface area contributed by atoms with Gasteiger partial charge in [-0.25, -0.2) is 8.78 Å². The zero-order valence-electron chi connectivity index (χ0n) is 6.39. The monoisotopic (exact) mass is 186 g/mol. The van der Waals surface area contributed by atoms with Gasteiger partial charge < -0.3 is 0 Å². The summed E-state index contributed by atoms with van der Waals surface area (Å²) in [4.78, 5) is 0.716. The van der Waals surface area contributed by atoms with E-state index in [1.807, 2.05) is 0 Å². The second-order valence-corrected chi connectivity index (χ2v) is 3.27. The van der Waals surface area contributed by atoms with Crippen LogP contribution in [0.1, 0.15) is 0 Å². The van der Waals surface area contributed by atoms with Crippen LogP contribution in [0.4, 0.5) is 8.78 Å². The summed E-state index contributed by atoms with van der Waals surface area (Å²) in [6.07, 6.45) is 1.71. The van der Waals surface area contributed by atoms with Gasteiger partial charge in [-0.15, -0.1) is 18.3 Å². The van der Waals surface area contributed by atoms with Crippen LogP contribution in [0.2, 0.25) is 0 Å². The van der Waals surface area contributed by atoms with Crippen LogP contribution in [-0.2, 0) is 0 Å². The summed E-state index contributed by atoms with van der Waals surface area (Å²) in [5.41, 5.74) is 0. The van der Waals surface area contributed by atoms with Crippen molar-refractivity contribution in [2.45, 2.75) is 4.90 Å². The lowest BCUT2D eigenvalue weighted by Gasteiger charge is -1.98. The molecule has 0 fully saturated rings. The molecule has 12 heavy (non-hydrogen) atoms. The maximum Gasteiger partial charge on any atom is 0.159 e. The molecule has 0 amide bonds. The summed E-state index contributed by atoms with van der Waals surface area (Å²) in [6, 6.07) is 3.86. The third kappa shape index (κ3) is 2.34. The van der Waals surface area contributed by atoms with E-state index in [1.54, 1.807) is 12.1 Å². The number of halogens is 2. The first kappa shape index (κ1) is 9.26. The highest BCUT2D eigenvalue weighted by Gasteiger charge is 2.01. The van der Waals surface area contributed by atoms with E-state index in [0.717, 1.165) is 6.07 Å². The quantitative estimate of drug-likeness (QED) is 0.516. The van der Waals surface area contributed by atoms with Gasteiger partial charge in [-0.3, -0.25) is 0 Å². The van der Waals surface area contributed by atoms with E-state index in [4.69, 9.17) is 0 Å². The van der Waals surface area contributed by atoms with Gasteiger partial charge in [0.05, 0.1) is 0 Å². The maximum absolute atomic E-state index is 12.6. The summed E-state index contributed by atoms with van der Waals surface area (Å²) in [6.45, 7) is 3.53. The smallest absolute Gasteiger partial charge is 0.159 e. The summed E-state index contributed by atoms with van der Waals surface area (Å²) in [7, 11) is 0. The van der Waals surface area contributed by atoms with Crippen LogP contribution in [0, 0.1) is 11.6 Å². The van der Waals surface area contributed by atoms with E-state index in [9.17, 15) is 8.78 Å². The van der Waals surface area contributed by atoms with E-state index in [2.05, 4.69) is 6.58 Å². The topological polar surface area (TPSA) is 0 Å². The predicted molar refractivity (Wildman–Crippen MR) is 47.3 cm³/mol. The van der Waals surface area contributed by atoms with Crippen molar-refractivity contribution in [3.05, 3.63) is 42.5 Å². The molecule has 0 aliphatic heterocycles. The normalized spacial score (nSPS) is 9.83. The van der Waals surface area contributed by atoms with Crippen LogP contribution in [0.3, 0.4) is 0 Å². The molecule has 0 N–H and O–H groups in total. The molecule has 0 bridgehead atoms. The van der Waals surface area contributed by atoms with Gasteiger partial charge in [-0.2, -0.15) is 0 Å². The highest BCUT2D eigenvalue weighted by atomic mass is 32.2. The molecule has 0 aliphatic carbocycles. The second kappa shape index (κ2) is 4.26. The Morgan fingerprint density at radius 2 is 2.08 bits per heavy atom. The van der Waals surface area contributed by atoms with Crippen molar-refractivity contribution in [1.82, 2.24) is 0 Å². The van der Waals surface area contributed by atoms with Crippen LogP contribution in [-0.4, -0.2) is 5.75 Å². The number of rotatable bonds is 3. The second-order valence-electron chi connectivity index (χ2n) is 2.18. The van der Waals surface area contributed by atoms with Crippen LogP contribution < -0.4 is 0 Å². The largest absolute Gasteiger partial charge is 0.204 e. The fraction of sp³-hybridized carbons (Fsp3) is 0.111. The fourth-order valence-corrected chi connectivity index (χ4v) is 1.38. The Morgan fingerprint density at radius 3 is 2.67 bits per heavy atom. The lowest BCUT2D eigenvalue weighted by atomic mass is 10.3. The van der Waals surface area contributed by atoms with Gasteiger partial charge >= 0.3 is 0 Å². The Hall–Kier alpha value is -0.830. The Labute approximate surface area is 74.3 Å². The maximum atomic E-state index is 12.6. The van der Waals surface area contributed by atoms with Crippen LogP contribution in [0.25, 0.3) is 0 Å². The molecule has 0 unspecified atom stereocenters. The lowest BCUT2D eigenvalue weighted by Crippen LogP contribution is -1.83. The molecule has 0 atom stereocenters. The van der Waals surface area contributed by atoms with Crippen LogP contribution in [0.5, 0.6) is 0 Å². The molecule has 0 radical (unpaired) electrons. The molecule has 1 aromatic rings. The molecule has 1 rings (SSSR count). The van der Waals surface area contributed by atoms with Gasteiger partial charge in [0, 0.05) is 10.6 Å². The van der Waals surface area contributed by atoms with Gasteiger partial charge in [-0.05, 0) is 18.2 Å². The van der Waals surface area contributed by atoms with Gasteiger partial charge in [0.15, 0.2) is 11.6 Å². The molecule has 0 saturated heterocycles. The van der Waals surface area contributed by atoms with Gasteiger partial charge in [0.25, 0.3) is 0 Å². The zero-order chi connectivity index (χ0) is 8.97. The number of thioether (sulfide) groups is 1. The highest BCUT2D eigenvalue weighted by Crippen LogP contribution is 2.19. The Kier molecular flexibility index (Phi) is 3.29. The molecule has 0 aromatic heterocycles. The van der Waals surface area contributed by atoms with Crippen molar-refractivity contribution < 1.29 is 8.78 Å². The molecular weight excluding hydrogens is 178 g/mol. The molecule has 0 spiro atoms. The predicted octanol–water partition coefficient (Wildman–Crippen LogP) is 3.24. The van der Waals surface area contributed by atoms with Gasteiger partial charge in [0.2, 0.25) is 0 Å². The van der Waals surface area contributed by atoms with Gasteiger partial charge in [0.1, 0.15) is 0 Å². The SMILES string of the molecule is C=CCSc1ccc(F)c(F)c1. The summed E-state index contributed by atoms with van der Waals surface area (Å²) < 4.78 is 25.0. The highest BCUT2D eigenvalue weighted by molar-refractivity contribution is 7.99. The zero-order valence-corrected chi connectivity index (χ0v) is 7.20. The minimum absolute atomic E-state index is 0.699. The first-order chi connectivity index (χ1) is 5.74. The molecule has 3 heteroatoms. The van der Waals surface area contributed by atoms with E-state index in [-0.39, 0.29) is 0 Å². The average Bonchev–Trinajstić information content (AvgIpc) is 2.07. The summed E-state index contributed by atoms with van der Waals surface area (Å²) in [5.74, 6) is -0.910. The molecule has 64 valence electrons. The van der Waals surface area contributed by atoms with Crippen molar-refractivity contribution >= 4 is 11.8 Å². The van der Waals surface area contributed by atoms with E-state index < -0.39 is 11.6 Å². The van der Waals surface area contributed by atoms with Crippen molar-refractivity contribution in [3.8, 4) is 0 Å². The summed E-state index contributed by atoms with van der Waals surface area (Å²) in [5, 5.41) is 0. The molecule has 1 aromatic carbocycles. The average molecular weight is 186 g/mol. The fourth-order valence-electron chi connectivity index (χ4n) is 0.722. The van der Waals surface area contributed by atoms with Crippen molar-refractivity contribution in [1.29, 1.82) is 0 Å². The van der Waals surface area contributed by atoms with E-state index in [1.165, 1.54) is 17.8 Å². The molecule has 0 heterocycles. The first-order valence-corrected chi connectivity index (χ1v) is 4.41. The minimum Gasteiger partial charge on any atom is -0.204 e. The van der Waals surface area contributed by atoms with Crippen molar-refractivity contribution in [2.75, 3.05) is 5.75 Å². The van der Waals surface area contributed by atoms with E-state index >= 15 is 0 Å². The number of hydrogen-bond donors (Lipinski definition) is 0. The van der Waals surface area contributed by atoms with Gasteiger partial charge in [-0.1, -0.05) is 6.08 Å². The molecule has 0 nitrogen and oxygen atoms in total. The molecule has 0 aliphatic rings. The molecular formula is C9H8F2S. The minimum atomic E-state index is -0.807. The Bertz CT molecular complexity index is 284. The lowest BCUT2D eigenvalue weighted by molar-refractivity contribution is 0.506. The first-order valence-electron chi connectivity index (χ1n) is 3.43. The standard InChI is InChI=1S/C9H8F2S/c1-2-5-12-7-3-4-8(10)9(11)6-7/h2-4,6H,1,5H2. The van der Waals surface area contributed by atoms with Crippen LogP contribution >= 0.6 is 11.8 Å². The Morgan fingerprint density at radius 1 is 1.33 bits per heavy atom. The number of hydrogen-bond acceptors (Lipinski definition) is 1.